The number of amides is 2. The van der Waals surface area contributed by atoms with E-state index in [-0.39, 0.29) is 17.7 Å². The van der Waals surface area contributed by atoms with E-state index in [0.29, 0.717) is 24.5 Å². The summed E-state index contributed by atoms with van der Waals surface area (Å²) < 4.78 is 1.60. The van der Waals surface area contributed by atoms with Crippen LogP contribution >= 0.6 is 0 Å². The number of nitrogens with zero attached hydrogens (tertiary/aromatic N) is 2. The number of hydrogen-bond donors (Lipinski definition) is 2. The van der Waals surface area contributed by atoms with Gasteiger partial charge in [-0.2, -0.15) is 5.10 Å². The molecule has 1 aromatic heterocycles. The molecule has 6 heteroatoms. The molecular formula is C12H18N4O2. The molecule has 1 aromatic rings. The van der Waals surface area contributed by atoms with Crippen LogP contribution in [0.15, 0.2) is 0 Å². The van der Waals surface area contributed by atoms with E-state index < -0.39 is 0 Å². The van der Waals surface area contributed by atoms with E-state index in [1.807, 2.05) is 13.8 Å². The third-order valence-corrected chi connectivity index (χ3v) is 3.06. The second-order valence-electron chi connectivity index (χ2n) is 4.69. The molecular weight excluding hydrogens is 232 g/mol. The molecule has 18 heavy (non-hydrogen) atoms. The minimum Gasteiger partial charge on any atom is -0.311 e. The summed E-state index contributed by atoms with van der Waals surface area (Å²) in [4.78, 5) is 23.1. The summed E-state index contributed by atoms with van der Waals surface area (Å²) in [5, 5.41) is 9.88. The quantitative estimate of drug-likeness (QED) is 0.855. The smallest absolute Gasteiger partial charge is 0.226 e. The number of carbonyl (C=O) groups excluding carboxylic acids is 2. The van der Waals surface area contributed by atoms with Crippen molar-refractivity contribution in [3.05, 3.63) is 5.56 Å². The summed E-state index contributed by atoms with van der Waals surface area (Å²) in [6, 6.07) is 0. The fourth-order valence-electron chi connectivity index (χ4n) is 2.23. The second kappa shape index (κ2) is 4.80. The lowest BCUT2D eigenvalue weighted by atomic mass is 9.95. The van der Waals surface area contributed by atoms with Crippen LogP contribution in [0.2, 0.25) is 0 Å². The lowest BCUT2D eigenvalue weighted by Crippen LogP contribution is -2.23. The molecule has 2 rings (SSSR count). The van der Waals surface area contributed by atoms with E-state index in [0.717, 1.165) is 12.0 Å². The van der Waals surface area contributed by atoms with E-state index in [2.05, 4.69) is 15.7 Å². The largest absolute Gasteiger partial charge is 0.311 e. The van der Waals surface area contributed by atoms with E-state index in [4.69, 9.17) is 0 Å². The molecule has 0 saturated heterocycles. The van der Waals surface area contributed by atoms with E-state index in [1.165, 1.54) is 0 Å². The fraction of sp³-hybridized carbons (Fsp3) is 0.583. The minimum atomic E-state index is -0.0394. The van der Waals surface area contributed by atoms with Gasteiger partial charge in [0.05, 0.1) is 0 Å². The molecule has 1 aliphatic heterocycles. The molecule has 1 unspecified atom stereocenters. The Labute approximate surface area is 106 Å². The highest BCUT2D eigenvalue weighted by molar-refractivity contribution is 5.97. The molecule has 1 atom stereocenters. The molecule has 0 aromatic carbocycles. The maximum atomic E-state index is 11.6. The molecule has 0 fully saturated rings. The summed E-state index contributed by atoms with van der Waals surface area (Å²) >= 11 is 0. The van der Waals surface area contributed by atoms with Gasteiger partial charge in [0.15, 0.2) is 5.82 Å². The van der Waals surface area contributed by atoms with Crippen molar-refractivity contribution in [3.63, 3.8) is 0 Å². The first-order valence-electron chi connectivity index (χ1n) is 6.19. The Bertz CT molecular complexity index is 493. The van der Waals surface area contributed by atoms with Crippen molar-refractivity contribution in [2.24, 2.45) is 7.05 Å². The van der Waals surface area contributed by atoms with Crippen LogP contribution in [0.5, 0.6) is 0 Å². The van der Waals surface area contributed by atoms with Gasteiger partial charge in [-0.15, -0.1) is 0 Å². The van der Waals surface area contributed by atoms with Crippen LogP contribution in [0.1, 0.15) is 44.6 Å². The summed E-state index contributed by atoms with van der Waals surface area (Å²) in [6.07, 6.45) is 1.70. The van der Waals surface area contributed by atoms with Gasteiger partial charge in [-0.05, 0) is 12.3 Å². The highest BCUT2D eigenvalue weighted by Gasteiger charge is 2.29. The highest BCUT2D eigenvalue weighted by Crippen LogP contribution is 2.36. The predicted octanol–water partition coefficient (Wildman–Crippen LogP) is 1.60. The zero-order valence-corrected chi connectivity index (χ0v) is 10.9. The molecule has 0 aliphatic carbocycles. The normalized spacial score (nSPS) is 18.2. The zero-order valence-electron chi connectivity index (χ0n) is 10.9. The van der Waals surface area contributed by atoms with Gasteiger partial charge < -0.3 is 10.6 Å². The Morgan fingerprint density at radius 1 is 1.61 bits per heavy atom. The van der Waals surface area contributed by atoms with Gasteiger partial charge in [0.1, 0.15) is 5.82 Å². The van der Waals surface area contributed by atoms with Crippen molar-refractivity contribution >= 4 is 23.5 Å². The Morgan fingerprint density at radius 3 is 3.00 bits per heavy atom. The lowest BCUT2D eigenvalue weighted by Gasteiger charge is -2.20. The summed E-state index contributed by atoms with van der Waals surface area (Å²) in [6.45, 7) is 3.92. The van der Waals surface area contributed by atoms with Crippen LogP contribution in [-0.4, -0.2) is 21.6 Å². The van der Waals surface area contributed by atoms with Crippen molar-refractivity contribution in [2.75, 3.05) is 10.6 Å². The SMILES string of the molecule is CCCC(=O)Nc1nn(C)c2c1C(C)CC(=O)N2. The molecule has 6 nitrogen and oxygen atoms in total. The molecule has 98 valence electrons. The molecule has 0 bridgehead atoms. The Hall–Kier alpha value is -1.85. The van der Waals surface area contributed by atoms with Gasteiger partial charge in [0, 0.05) is 25.5 Å². The van der Waals surface area contributed by atoms with Gasteiger partial charge in [-0.1, -0.05) is 13.8 Å². The van der Waals surface area contributed by atoms with Crippen LogP contribution < -0.4 is 10.6 Å². The van der Waals surface area contributed by atoms with Gasteiger partial charge in [-0.3, -0.25) is 14.3 Å². The number of anilines is 2. The molecule has 0 saturated carbocycles. The summed E-state index contributed by atoms with van der Waals surface area (Å²) in [5.41, 5.74) is 0.918. The molecule has 2 amide bonds. The third-order valence-electron chi connectivity index (χ3n) is 3.06. The maximum Gasteiger partial charge on any atom is 0.226 e. The standard InChI is InChI=1S/C12H18N4O2/c1-4-5-8(17)13-11-10-7(2)6-9(18)14-12(10)16(3)15-11/h7H,4-6H2,1-3H3,(H,14,18)(H,13,15,17). The number of rotatable bonds is 3. The van der Waals surface area contributed by atoms with Gasteiger partial charge in [-0.25, -0.2) is 0 Å². The number of aryl methyl sites for hydroxylation is 1. The number of carbonyl (C=O) groups is 2. The first-order valence-corrected chi connectivity index (χ1v) is 6.19. The third kappa shape index (κ3) is 2.23. The first kappa shape index (κ1) is 12.6. The van der Waals surface area contributed by atoms with Crippen molar-refractivity contribution in [3.8, 4) is 0 Å². The average Bonchev–Trinajstić information content (AvgIpc) is 2.55. The monoisotopic (exact) mass is 250 g/mol. The average molecular weight is 250 g/mol. The Kier molecular flexibility index (Phi) is 3.36. The molecule has 0 spiro atoms. The zero-order chi connectivity index (χ0) is 13.3. The summed E-state index contributed by atoms with van der Waals surface area (Å²) in [5.74, 6) is 1.27. The Morgan fingerprint density at radius 2 is 2.33 bits per heavy atom. The topological polar surface area (TPSA) is 76.0 Å². The minimum absolute atomic E-state index is 0.00978. The maximum absolute atomic E-state index is 11.6. The van der Waals surface area contributed by atoms with Crippen LogP contribution in [-0.2, 0) is 16.6 Å². The van der Waals surface area contributed by atoms with Crippen LogP contribution in [0, 0.1) is 0 Å². The summed E-state index contributed by atoms with van der Waals surface area (Å²) in [7, 11) is 1.76. The van der Waals surface area contributed by atoms with Crippen LogP contribution in [0.4, 0.5) is 11.6 Å². The fourth-order valence-corrected chi connectivity index (χ4v) is 2.23. The number of fused-ring (bicyclic) bond motifs is 1. The second-order valence-corrected chi connectivity index (χ2v) is 4.69. The Balaban J connectivity index is 2.30. The van der Waals surface area contributed by atoms with Gasteiger partial charge in [0.2, 0.25) is 11.8 Å². The van der Waals surface area contributed by atoms with Crippen LogP contribution in [0.3, 0.4) is 0 Å². The van der Waals surface area contributed by atoms with Crippen molar-refractivity contribution in [1.82, 2.24) is 9.78 Å². The number of hydrogen-bond acceptors (Lipinski definition) is 3. The van der Waals surface area contributed by atoms with E-state index >= 15 is 0 Å². The van der Waals surface area contributed by atoms with Gasteiger partial charge >= 0.3 is 0 Å². The lowest BCUT2D eigenvalue weighted by molar-refractivity contribution is -0.117. The first-order chi connectivity index (χ1) is 8.52. The molecule has 2 heterocycles. The van der Waals surface area contributed by atoms with E-state index in [1.54, 1.807) is 11.7 Å². The molecule has 2 N–H and O–H groups in total. The predicted molar refractivity (Wildman–Crippen MR) is 68.4 cm³/mol. The van der Waals surface area contributed by atoms with E-state index in [9.17, 15) is 9.59 Å². The van der Waals surface area contributed by atoms with Gasteiger partial charge in [0.25, 0.3) is 0 Å². The highest BCUT2D eigenvalue weighted by atomic mass is 16.2. The molecule has 1 aliphatic rings. The molecule has 0 radical (unpaired) electrons. The number of nitrogens with one attached hydrogen (secondary N) is 2. The van der Waals surface area contributed by atoms with Crippen LogP contribution in [0.25, 0.3) is 0 Å². The van der Waals surface area contributed by atoms with Crippen molar-refractivity contribution in [1.29, 1.82) is 0 Å². The van der Waals surface area contributed by atoms with Crippen molar-refractivity contribution in [2.45, 2.75) is 39.0 Å². The number of aromatic nitrogens is 2. The van der Waals surface area contributed by atoms with Crippen molar-refractivity contribution < 1.29 is 9.59 Å².